The van der Waals surface area contributed by atoms with Crippen molar-refractivity contribution in [2.24, 2.45) is 0 Å². The molecule has 1 atom stereocenters. The fourth-order valence-corrected chi connectivity index (χ4v) is 8.34. The van der Waals surface area contributed by atoms with Crippen LogP contribution in [-0.2, 0) is 19.6 Å². The molecule has 0 spiro atoms. The van der Waals surface area contributed by atoms with Crippen LogP contribution in [0.5, 0.6) is 17.2 Å². The molecule has 1 unspecified atom stereocenters. The highest BCUT2D eigenvalue weighted by Crippen LogP contribution is 2.32. The first kappa shape index (κ1) is 32.6. The summed E-state index contributed by atoms with van der Waals surface area (Å²) in [6.07, 6.45) is 5.11. The van der Waals surface area contributed by atoms with Gasteiger partial charge < -0.3 is 18.9 Å². The van der Waals surface area contributed by atoms with Crippen LogP contribution in [0.2, 0.25) is 0 Å². The molecule has 0 aliphatic heterocycles. The second-order valence-electron chi connectivity index (χ2n) is 9.12. The number of halogens is 3. The maximum atomic E-state index is 13.5. The summed E-state index contributed by atoms with van der Waals surface area (Å²) < 4.78 is 56.3. The van der Waals surface area contributed by atoms with E-state index >= 15 is 0 Å². The average Bonchev–Trinajstić information content (AvgIpc) is 3.32. The van der Waals surface area contributed by atoms with Crippen molar-refractivity contribution in [1.82, 2.24) is 0 Å². The summed E-state index contributed by atoms with van der Waals surface area (Å²) in [4.78, 5) is 39.0. The first-order valence-electron chi connectivity index (χ1n) is 12.1. The Kier molecular flexibility index (Phi) is 10.5. The molecule has 0 saturated carbocycles. The molecule has 10 nitrogen and oxygen atoms in total. The minimum atomic E-state index is -4.53. The zero-order valence-electron chi connectivity index (χ0n) is 21.6. The van der Waals surface area contributed by atoms with E-state index in [9.17, 15) is 27.4 Å². The van der Waals surface area contributed by atoms with Gasteiger partial charge >= 0.3 is 17.9 Å². The summed E-state index contributed by atoms with van der Waals surface area (Å²) in [5, 5.41) is 0. The van der Waals surface area contributed by atoms with Gasteiger partial charge in [-0.2, -0.15) is 8.42 Å². The molecule has 0 fully saturated rings. The van der Waals surface area contributed by atoms with E-state index in [4.69, 9.17) is 18.9 Å². The van der Waals surface area contributed by atoms with Crippen molar-refractivity contribution in [3.05, 3.63) is 88.6 Å². The third-order valence-corrected chi connectivity index (χ3v) is 9.99. The van der Waals surface area contributed by atoms with Gasteiger partial charge in [-0.3, -0.25) is 4.55 Å². The van der Waals surface area contributed by atoms with Gasteiger partial charge in [-0.25, -0.2) is 14.4 Å². The van der Waals surface area contributed by atoms with Crippen molar-refractivity contribution in [1.29, 1.82) is 0 Å². The molecule has 0 radical (unpaired) electrons. The Morgan fingerprint density at radius 2 is 1.57 bits per heavy atom. The molecule has 3 aromatic rings. The Labute approximate surface area is 282 Å². The van der Waals surface area contributed by atoms with Crippen LogP contribution >= 0.6 is 67.8 Å². The van der Waals surface area contributed by atoms with Crippen molar-refractivity contribution < 1.29 is 46.3 Å². The van der Waals surface area contributed by atoms with Gasteiger partial charge in [-0.15, -0.1) is 0 Å². The molecule has 1 N–H and O–H groups in total. The van der Waals surface area contributed by atoms with E-state index < -0.39 is 40.2 Å². The van der Waals surface area contributed by atoms with Crippen LogP contribution < -0.4 is 14.2 Å². The number of allylic oxidation sites excluding steroid dienone is 1. The van der Waals surface area contributed by atoms with Gasteiger partial charge in [0.2, 0.25) is 0 Å². The number of esters is 3. The Morgan fingerprint density at radius 1 is 0.929 bits per heavy atom. The number of carbonyl (C=O) groups excluding carboxylic acids is 3. The molecule has 14 heteroatoms. The molecule has 0 aromatic heterocycles. The largest absolute Gasteiger partial charge is 0.481 e. The summed E-state index contributed by atoms with van der Waals surface area (Å²) in [5.74, 6) is -2.57. The summed E-state index contributed by atoms with van der Waals surface area (Å²) >= 11 is 5.48. The highest BCUT2D eigenvalue weighted by atomic mass is 127. The van der Waals surface area contributed by atoms with Crippen LogP contribution in [0.15, 0.2) is 71.6 Å². The van der Waals surface area contributed by atoms with Gasteiger partial charge in [0.25, 0.3) is 10.1 Å². The molecule has 0 amide bonds. The SMILES string of the molecule is CC1(OC(=O)COc2cccc(C(=O)Oc3ccc(I)cc3)c2C(=O)Oc2cc(I)c(S(=O)(=O)O)c(I)c2)C=CCC1. The van der Waals surface area contributed by atoms with Crippen LogP contribution in [0, 0.1) is 10.7 Å². The molecule has 3 aromatic carbocycles. The van der Waals surface area contributed by atoms with Gasteiger partial charge in [0.1, 0.15) is 33.3 Å². The Balaban J connectivity index is 1.65. The number of ether oxygens (including phenoxy) is 4. The number of benzene rings is 3. The van der Waals surface area contributed by atoms with Crippen LogP contribution in [0.4, 0.5) is 0 Å². The second kappa shape index (κ2) is 13.6. The van der Waals surface area contributed by atoms with Gasteiger partial charge in [0.05, 0.1) is 5.56 Å². The van der Waals surface area contributed by atoms with Crippen molar-refractivity contribution in [2.75, 3.05) is 6.61 Å². The summed E-state index contributed by atoms with van der Waals surface area (Å²) in [6.45, 7) is 1.21. The number of carbonyl (C=O) groups is 3. The van der Waals surface area contributed by atoms with Crippen LogP contribution in [0.3, 0.4) is 0 Å². The third-order valence-electron chi connectivity index (χ3n) is 5.89. The maximum Gasteiger partial charge on any atom is 0.348 e. The van der Waals surface area contributed by atoms with E-state index in [0.717, 1.165) is 9.99 Å². The van der Waals surface area contributed by atoms with E-state index in [1.807, 2.05) is 6.08 Å². The third kappa shape index (κ3) is 8.20. The lowest BCUT2D eigenvalue weighted by Gasteiger charge is -2.22. The quantitative estimate of drug-likeness (QED) is 0.0865. The number of hydrogen-bond acceptors (Lipinski definition) is 9. The van der Waals surface area contributed by atoms with E-state index in [-0.39, 0.29) is 40.4 Å². The van der Waals surface area contributed by atoms with E-state index in [2.05, 4.69) is 22.6 Å². The van der Waals surface area contributed by atoms with Crippen molar-refractivity contribution in [3.8, 4) is 17.2 Å². The lowest BCUT2D eigenvalue weighted by molar-refractivity contribution is -0.156. The highest BCUT2D eigenvalue weighted by Gasteiger charge is 2.30. The van der Waals surface area contributed by atoms with Gasteiger partial charge in [-0.1, -0.05) is 12.1 Å². The Morgan fingerprint density at radius 3 is 2.17 bits per heavy atom. The molecule has 220 valence electrons. The van der Waals surface area contributed by atoms with Gasteiger partial charge in [-0.05, 0) is 142 Å². The summed E-state index contributed by atoms with van der Waals surface area (Å²) in [7, 11) is -4.53. The lowest BCUT2D eigenvalue weighted by atomic mass is 10.1. The van der Waals surface area contributed by atoms with Crippen LogP contribution in [-0.4, -0.2) is 43.1 Å². The van der Waals surface area contributed by atoms with Crippen molar-refractivity contribution in [3.63, 3.8) is 0 Å². The molecular formula is C28H21I3O10S. The smallest absolute Gasteiger partial charge is 0.348 e. The van der Waals surface area contributed by atoms with Crippen LogP contribution in [0.25, 0.3) is 0 Å². The number of rotatable bonds is 9. The van der Waals surface area contributed by atoms with Gasteiger partial charge in [0.15, 0.2) is 6.61 Å². The molecule has 0 bridgehead atoms. The van der Waals surface area contributed by atoms with Gasteiger partial charge in [0, 0.05) is 10.7 Å². The number of hydrogen-bond donors (Lipinski definition) is 1. The van der Waals surface area contributed by atoms with Crippen molar-refractivity contribution in [2.45, 2.75) is 30.3 Å². The molecule has 4 rings (SSSR count). The molecule has 42 heavy (non-hydrogen) atoms. The topological polar surface area (TPSA) is 142 Å². The highest BCUT2D eigenvalue weighted by molar-refractivity contribution is 14.1. The molecule has 0 heterocycles. The summed E-state index contributed by atoms with van der Waals surface area (Å²) in [6, 6.07) is 13.3. The fourth-order valence-electron chi connectivity index (χ4n) is 3.99. The molecule has 1 aliphatic carbocycles. The zero-order valence-corrected chi connectivity index (χ0v) is 28.9. The minimum absolute atomic E-state index is 0.0617. The molecule has 1 aliphatic rings. The van der Waals surface area contributed by atoms with E-state index in [1.165, 1.54) is 30.3 Å². The first-order chi connectivity index (χ1) is 19.8. The predicted octanol–water partition coefficient (Wildman–Crippen LogP) is 6.22. The zero-order chi connectivity index (χ0) is 30.7. The maximum absolute atomic E-state index is 13.5. The van der Waals surface area contributed by atoms with Crippen molar-refractivity contribution >= 4 is 95.8 Å². The Hall–Kier alpha value is -2.29. The first-order valence-corrected chi connectivity index (χ1v) is 16.8. The minimum Gasteiger partial charge on any atom is -0.481 e. The van der Waals surface area contributed by atoms with E-state index in [1.54, 1.807) is 82.4 Å². The standard InChI is InChI=1S/C28H21I3O10S/c1-28(11-2-3-12-28)41-23(32)15-38-22-6-4-5-19(26(33)39-17-9-7-16(29)8-10-17)24(22)27(34)40-18-13-20(30)25(21(31)14-18)42(35,36)37/h2,4-11,13-14H,3,12,15H2,1H3,(H,35,36,37). The monoisotopic (exact) mass is 930 g/mol. The Bertz CT molecular complexity index is 1660. The summed E-state index contributed by atoms with van der Waals surface area (Å²) in [5.41, 5.74) is -1.28. The molecule has 0 saturated heterocycles. The lowest BCUT2D eigenvalue weighted by Crippen LogP contribution is -2.30. The van der Waals surface area contributed by atoms with E-state index in [0.29, 0.717) is 6.42 Å². The predicted molar refractivity (Wildman–Crippen MR) is 176 cm³/mol. The fraction of sp³-hybridized carbons (Fsp3) is 0.179. The van der Waals surface area contributed by atoms with Crippen LogP contribution in [0.1, 0.15) is 40.5 Å². The molecular weight excluding hydrogens is 909 g/mol. The average molecular weight is 930 g/mol. The second-order valence-corrected chi connectivity index (χ2v) is 14.0. The normalized spacial score (nSPS) is 16.1.